The van der Waals surface area contributed by atoms with Gasteiger partial charge in [-0.15, -0.1) is 0 Å². The summed E-state index contributed by atoms with van der Waals surface area (Å²) >= 11 is 0. The summed E-state index contributed by atoms with van der Waals surface area (Å²) in [5, 5.41) is 8.70. The van der Waals surface area contributed by atoms with Crippen molar-refractivity contribution >= 4 is 29.3 Å². The molecule has 5 amide bonds. The molecule has 2 heterocycles. The van der Waals surface area contributed by atoms with Gasteiger partial charge in [-0.25, -0.2) is 9.59 Å². The predicted molar refractivity (Wildman–Crippen MR) is 133 cm³/mol. The summed E-state index contributed by atoms with van der Waals surface area (Å²) < 4.78 is 0. The third-order valence-electron chi connectivity index (χ3n) is 6.57. The Morgan fingerprint density at radius 1 is 0.794 bits per heavy atom. The largest absolute Gasteiger partial charge is 0.349 e. The number of likely N-dealkylation sites (tertiary alicyclic amines) is 2. The Labute approximate surface area is 200 Å². The van der Waals surface area contributed by atoms with Gasteiger partial charge in [0.25, 0.3) is 0 Å². The highest BCUT2D eigenvalue weighted by Crippen LogP contribution is 2.22. The van der Waals surface area contributed by atoms with Crippen molar-refractivity contribution in [2.24, 2.45) is 5.92 Å². The van der Waals surface area contributed by atoms with Gasteiger partial charge in [0, 0.05) is 43.5 Å². The van der Waals surface area contributed by atoms with Gasteiger partial charge in [0.1, 0.15) is 0 Å². The van der Waals surface area contributed by atoms with Crippen LogP contribution in [0.3, 0.4) is 0 Å². The van der Waals surface area contributed by atoms with Crippen molar-refractivity contribution < 1.29 is 14.4 Å². The van der Waals surface area contributed by atoms with Crippen LogP contribution in [0.5, 0.6) is 0 Å². The van der Waals surface area contributed by atoms with E-state index in [1.54, 1.807) is 0 Å². The molecule has 180 valence electrons. The number of amides is 5. The highest BCUT2D eigenvalue weighted by Gasteiger charge is 2.30. The van der Waals surface area contributed by atoms with Crippen LogP contribution in [-0.4, -0.2) is 53.9 Å². The minimum absolute atomic E-state index is 0.0326. The highest BCUT2D eigenvalue weighted by molar-refractivity contribution is 5.99. The third-order valence-corrected chi connectivity index (χ3v) is 6.57. The molecule has 2 aromatic rings. The molecule has 8 heteroatoms. The fourth-order valence-electron chi connectivity index (χ4n) is 4.53. The van der Waals surface area contributed by atoms with Crippen molar-refractivity contribution in [3.63, 3.8) is 0 Å². The Morgan fingerprint density at radius 2 is 1.35 bits per heavy atom. The average Bonchev–Trinajstić information content (AvgIpc) is 3.40. The van der Waals surface area contributed by atoms with Crippen LogP contribution in [-0.2, 0) is 4.79 Å². The SMILES string of the molecule is CC(NC(=O)C1CCN(C(=O)N2CCCC2)CC1)c1ccc(NC(=O)Nc2ccccc2)cc1. The number of nitrogens with one attached hydrogen (secondary N) is 3. The van der Waals surface area contributed by atoms with Gasteiger partial charge in [-0.2, -0.15) is 0 Å². The summed E-state index contributed by atoms with van der Waals surface area (Å²) in [5.74, 6) is -0.0436. The van der Waals surface area contributed by atoms with E-state index in [9.17, 15) is 14.4 Å². The maximum absolute atomic E-state index is 12.8. The summed E-state index contributed by atoms with van der Waals surface area (Å²) in [6.07, 6.45) is 3.55. The number of anilines is 2. The number of piperidine rings is 1. The van der Waals surface area contributed by atoms with Crippen LogP contribution in [0.15, 0.2) is 54.6 Å². The zero-order valence-corrected chi connectivity index (χ0v) is 19.6. The molecule has 34 heavy (non-hydrogen) atoms. The first-order chi connectivity index (χ1) is 16.5. The number of benzene rings is 2. The van der Waals surface area contributed by atoms with Crippen molar-refractivity contribution in [1.82, 2.24) is 15.1 Å². The molecule has 2 saturated heterocycles. The Hall–Kier alpha value is -3.55. The fraction of sp³-hybridized carbons (Fsp3) is 0.423. The Balaban J connectivity index is 1.22. The number of nitrogens with zero attached hydrogens (tertiary/aromatic N) is 2. The van der Waals surface area contributed by atoms with E-state index >= 15 is 0 Å². The topological polar surface area (TPSA) is 93.8 Å². The van der Waals surface area contributed by atoms with Gasteiger partial charge in [-0.1, -0.05) is 30.3 Å². The van der Waals surface area contributed by atoms with E-state index in [-0.39, 0.29) is 29.9 Å². The maximum atomic E-state index is 12.8. The molecule has 2 aliphatic heterocycles. The minimum Gasteiger partial charge on any atom is -0.349 e. The number of para-hydroxylation sites is 1. The van der Waals surface area contributed by atoms with Gasteiger partial charge in [-0.3, -0.25) is 4.79 Å². The van der Waals surface area contributed by atoms with Crippen molar-refractivity contribution in [2.45, 2.75) is 38.6 Å². The monoisotopic (exact) mass is 463 g/mol. The lowest BCUT2D eigenvalue weighted by Crippen LogP contribution is -2.47. The number of carbonyl (C=O) groups is 3. The molecule has 0 aromatic heterocycles. The van der Waals surface area contributed by atoms with Crippen LogP contribution in [0, 0.1) is 5.92 Å². The molecule has 2 fully saturated rings. The van der Waals surface area contributed by atoms with Gasteiger partial charge in [-0.05, 0) is 62.4 Å². The highest BCUT2D eigenvalue weighted by atomic mass is 16.2. The number of hydrogen-bond donors (Lipinski definition) is 3. The molecular formula is C26H33N5O3. The second kappa shape index (κ2) is 11.0. The number of carbonyl (C=O) groups excluding carboxylic acids is 3. The normalized spacial score (nSPS) is 17.2. The summed E-state index contributed by atoms with van der Waals surface area (Å²) in [6.45, 7) is 4.92. The van der Waals surface area contributed by atoms with E-state index in [1.165, 1.54) is 0 Å². The molecule has 0 radical (unpaired) electrons. The molecule has 2 aliphatic rings. The van der Waals surface area contributed by atoms with Gasteiger partial charge in [0.2, 0.25) is 5.91 Å². The fourth-order valence-corrected chi connectivity index (χ4v) is 4.53. The summed E-state index contributed by atoms with van der Waals surface area (Å²) in [4.78, 5) is 41.3. The van der Waals surface area contributed by atoms with Crippen molar-refractivity contribution in [1.29, 1.82) is 0 Å². The Kier molecular flexibility index (Phi) is 7.67. The molecule has 0 saturated carbocycles. The molecule has 3 N–H and O–H groups in total. The Morgan fingerprint density at radius 3 is 1.97 bits per heavy atom. The third kappa shape index (κ3) is 6.07. The maximum Gasteiger partial charge on any atom is 0.323 e. The molecule has 1 unspecified atom stereocenters. The first-order valence-corrected chi connectivity index (χ1v) is 12.1. The lowest BCUT2D eigenvalue weighted by Gasteiger charge is -2.34. The first-order valence-electron chi connectivity index (χ1n) is 12.1. The smallest absolute Gasteiger partial charge is 0.323 e. The van der Waals surface area contributed by atoms with Gasteiger partial charge >= 0.3 is 12.1 Å². The molecule has 2 aromatic carbocycles. The quantitative estimate of drug-likeness (QED) is 0.612. The lowest BCUT2D eigenvalue weighted by atomic mass is 9.95. The summed E-state index contributed by atoms with van der Waals surface area (Å²) in [6, 6.07) is 16.4. The predicted octanol–water partition coefficient (Wildman–Crippen LogP) is 4.44. The van der Waals surface area contributed by atoms with E-state index in [0.29, 0.717) is 31.6 Å². The molecule has 1 atom stereocenters. The van der Waals surface area contributed by atoms with Crippen LogP contribution < -0.4 is 16.0 Å². The average molecular weight is 464 g/mol. The molecular weight excluding hydrogens is 430 g/mol. The van der Waals surface area contributed by atoms with Crippen LogP contribution >= 0.6 is 0 Å². The second-order valence-electron chi connectivity index (χ2n) is 9.04. The number of hydrogen-bond acceptors (Lipinski definition) is 3. The van der Waals surface area contributed by atoms with E-state index in [2.05, 4.69) is 16.0 Å². The standard InChI is InChI=1S/C26H33N5O3/c1-19(20-9-11-23(12-10-20)29-25(33)28-22-7-3-2-4-8-22)27-24(32)21-13-17-31(18-14-21)26(34)30-15-5-6-16-30/h2-4,7-12,19,21H,5-6,13-18H2,1H3,(H,27,32)(H2,28,29,33). The van der Waals surface area contributed by atoms with Crippen LogP contribution in [0.4, 0.5) is 21.0 Å². The lowest BCUT2D eigenvalue weighted by molar-refractivity contribution is -0.126. The van der Waals surface area contributed by atoms with Gasteiger partial charge in [0.15, 0.2) is 0 Å². The van der Waals surface area contributed by atoms with Crippen LogP contribution in [0.2, 0.25) is 0 Å². The molecule has 0 aliphatic carbocycles. The van der Waals surface area contributed by atoms with Crippen molar-refractivity contribution in [3.05, 3.63) is 60.2 Å². The zero-order valence-electron chi connectivity index (χ0n) is 19.6. The minimum atomic E-state index is -0.310. The van der Waals surface area contributed by atoms with E-state index < -0.39 is 0 Å². The summed E-state index contributed by atoms with van der Waals surface area (Å²) in [5.41, 5.74) is 2.36. The van der Waals surface area contributed by atoms with Gasteiger partial charge in [0.05, 0.1) is 6.04 Å². The van der Waals surface area contributed by atoms with E-state index in [4.69, 9.17) is 0 Å². The number of urea groups is 2. The zero-order chi connectivity index (χ0) is 23.9. The van der Waals surface area contributed by atoms with Crippen molar-refractivity contribution in [2.75, 3.05) is 36.8 Å². The molecule has 4 rings (SSSR count). The van der Waals surface area contributed by atoms with Crippen molar-refractivity contribution in [3.8, 4) is 0 Å². The van der Waals surface area contributed by atoms with Crippen LogP contribution in [0.1, 0.15) is 44.2 Å². The van der Waals surface area contributed by atoms with E-state index in [1.807, 2.05) is 71.3 Å². The first kappa shape index (κ1) is 23.6. The second-order valence-corrected chi connectivity index (χ2v) is 9.04. The van der Waals surface area contributed by atoms with E-state index in [0.717, 1.165) is 37.2 Å². The summed E-state index contributed by atoms with van der Waals surface area (Å²) in [7, 11) is 0. The Bertz CT molecular complexity index is 981. The van der Waals surface area contributed by atoms with Crippen LogP contribution in [0.25, 0.3) is 0 Å². The molecule has 8 nitrogen and oxygen atoms in total. The van der Waals surface area contributed by atoms with Gasteiger partial charge < -0.3 is 25.8 Å². The molecule has 0 spiro atoms. The molecule has 0 bridgehead atoms. The number of rotatable bonds is 5.